The molecule has 1 aromatic heterocycles. The Morgan fingerprint density at radius 2 is 2.19 bits per heavy atom. The lowest BCUT2D eigenvalue weighted by atomic mass is 10.3. The molecule has 0 aliphatic rings. The highest BCUT2D eigenvalue weighted by Gasteiger charge is 2.03. The lowest BCUT2D eigenvalue weighted by Crippen LogP contribution is -1.94. The van der Waals surface area contributed by atoms with Crippen LogP contribution in [0.2, 0.25) is 10.0 Å². The van der Waals surface area contributed by atoms with E-state index in [0.717, 1.165) is 5.56 Å². The van der Waals surface area contributed by atoms with E-state index in [-0.39, 0.29) is 0 Å². The number of rotatable bonds is 3. The van der Waals surface area contributed by atoms with Gasteiger partial charge in [-0.05, 0) is 12.1 Å². The first-order chi connectivity index (χ1) is 7.65. The van der Waals surface area contributed by atoms with Gasteiger partial charge >= 0.3 is 0 Å². The van der Waals surface area contributed by atoms with Crippen LogP contribution in [0, 0.1) is 0 Å². The van der Waals surface area contributed by atoms with Crippen molar-refractivity contribution in [1.82, 2.24) is 9.78 Å². The Hall–Kier alpha value is -1.19. The van der Waals surface area contributed by atoms with Crippen LogP contribution >= 0.6 is 23.2 Å². The minimum Gasteiger partial charge on any atom is -0.487 e. The van der Waals surface area contributed by atoms with Gasteiger partial charge in [0.25, 0.3) is 0 Å². The summed E-state index contributed by atoms with van der Waals surface area (Å²) in [5.74, 6) is 0.581. The molecule has 16 heavy (non-hydrogen) atoms. The molecule has 2 aromatic rings. The lowest BCUT2D eigenvalue weighted by Gasteiger charge is -2.06. The van der Waals surface area contributed by atoms with Crippen molar-refractivity contribution < 1.29 is 4.74 Å². The van der Waals surface area contributed by atoms with Crippen LogP contribution in [-0.2, 0) is 13.7 Å². The van der Waals surface area contributed by atoms with Crippen molar-refractivity contribution >= 4 is 23.2 Å². The summed E-state index contributed by atoms with van der Waals surface area (Å²) < 4.78 is 7.27. The fourth-order valence-corrected chi connectivity index (χ4v) is 1.63. The number of hydrogen-bond acceptors (Lipinski definition) is 2. The fourth-order valence-electron chi connectivity index (χ4n) is 1.30. The van der Waals surface area contributed by atoms with Crippen molar-refractivity contribution in [2.24, 2.45) is 7.05 Å². The molecule has 0 aliphatic heterocycles. The second kappa shape index (κ2) is 4.76. The Bertz CT molecular complexity index is 496. The fraction of sp³-hybridized carbons (Fsp3) is 0.182. The molecule has 0 saturated heterocycles. The molecule has 2 rings (SSSR count). The van der Waals surface area contributed by atoms with Crippen LogP contribution in [0.1, 0.15) is 5.56 Å². The van der Waals surface area contributed by atoms with Gasteiger partial charge in [-0.1, -0.05) is 23.2 Å². The molecular weight excluding hydrogens is 247 g/mol. The monoisotopic (exact) mass is 256 g/mol. The second-order valence-corrected chi connectivity index (χ2v) is 4.23. The number of hydrogen-bond donors (Lipinski definition) is 0. The van der Waals surface area contributed by atoms with Crippen LogP contribution in [0.15, 0.2) is 30.6 Å². The molecular formula is C11H10Cl2N2O. The second-order valence-electron chi connectivity index (χ2n) is 3.39. The summed E-state index contributed by atoms with van der Waals surface area (Å²) in [6.45, 7) is 0.425. The summed E-state index contributed by atoms with van der Waals surface area (Å²) >= 11 is 11.8. The Balaban J connectivity index is 2.07. The lowest BCUT2D eigenvalue weighted by molar-refractivity contribution is 0.306. The minimum absolute atomic E-state index is 0.425. The largest absolute Gasteiger partial charge is 0.487 e. The van der Waals surface area contributed by atoms with Crippen molar-refractivity contribution in [2.75, 3.05) is 0 Å². The zero-order valence-electron chi connectivity index (χ0n) is 8.65. The van der Waals surface area contributed by atoms with E-state index in [2.05, 4.69) is 5.10 Å². The average Bonchev–Trinajstić information content (AvgIpc) is 2.66. The predicted octanol–water partition coefficient (Wildman–Crippen LogP) is 3.31. The molecule has 0 amide bonds. The molecule has 0 saturated carbocycles. The SMILES string of the molecule is Cn1cc(COc2cc(Cl)ccc2Cl)cn1. The van der Waals surface area contributed by atoms with Crippen LogP contribution in [0.4, 0.5) is 0 Å². The number of benzene rings is 1. The summed E-state index contributed by atoms with van der Waals surface area (Å²) in [7, 11) is 1.86. The van der Waals surface area contributed by atoms with E-state index < -0.39 is 0 Å². The van der Waals surface area contributed by atoms with E-state index in [0.29, 0.717) is 22.4 Å². The van der Waals surface area contributed by atoms with Gasteiger partial charge in [0.2, 0.25) is 0 Å². The highest BCUT2D eigenvalue weighted by molar-refractivity contribution is 6.34. The van der Waals surface area contributed by atoms with Crippen molar-refractivity contribution in [3.8, 4) is 5.75 Å². The smallest absolute Gasteiger partial charge is 0.139 e. The highest BCUT2D eigenvalue weighted by Crippen LogP contribution is 2.28. The third kappa shape index (κ3) is 2.68. The minimum atomic E-state index is 0.425. The van der Waals surface area contributed by atoms with E-state index in [1.807, 2.05) is 13.2 Å². The van der Waals surface area contributed by atoms with E-state index >= 15 is 0 Å². The van der Waals surface area contributed by atoms with Gasteiger partial charge in [-0.3, -0.25) is 4.68 Å². The van der Waals surface area contributed by atoms with Gasteiger partial charge < -0.3 is 4.74 Å². The Labute approximate surface area is 104 Å². The van der Waals surface area contributed by atoms with Crippen molar-refractivity contribution in [3.63, 3.8) is 0 Å². The molecule has 0 spiro atoms. The molecule has 0 aliphatic carbocycles. The first kappa shape index (κ1) is 11.3. The molecule has 0 N–H and O–H groups in total. The molecule has 0 fully saturated rings. The van der Waals surface area contributed by atoms with Gasteiger partial charge in [0, 0.05) is 29.9 Å². The number of ether oxygens (including phenoxy) is 1. The molecule has 0 atom stereocenters. The van der Waals surface area contributed by atoms with Gasteiger partial charge in [-0.2, -0.15) is 5.10 Å². The summed E-state index contributed by atoms with van der Waals surface area (Å²) in [5, 5.41) is 5.20. The number of aromatic nitrogens is 2. The van der Waals surface area contributed by atoms with Crippen molar-refractivity contribution in [1.29, 1.82) is 0 Å². The molecule has 84 valence electrons. The quantitative estimate of drug-likeness (QED) is 0.843. The molecule has 0 bridgehead atoms. The molecule has 5 heteroatoms. The van der Waals surface area contributed by atoms with Gasteiger partial charge in [-0.15, -0.1) is 0 Å². The van der Waals surface area contributed by atoms with Crippen LogP contribution in [0.3, 0.4) is 0 Å². The topological polar surface area (TPSA) is 27.1 Å². The first-order valence-electron chi connectivity index (χ1n) is 4.70. The van der Waals surface area contributed by atoms with Gasteiger partial charge in [-0.25, -0.2) is 0 Å². The molecule has 1 heterocycles. The molecule has 3 nitrogen and oxygen atoms in total. The summed E-state index contributed by atoms with van der Waals surface area (Å²) in [6, 6.07) is 5.13. The Morgan fingerprint density at radius 1 is 1.38 bits per heavy atom. The predicted molar refractivity (Wildman–Crippen MR) is 64.0 cm³/mol. The number of halogens is 2. The summed E-state index contributed by atoms with van der Waals surface area (Å²) in [5.41, 5.74) is 0.985. The maximum Gasteiger partial charge on any atom is 0.139 e. The maximum absolute atomic E-state index is 5.96. The van der Waals surface area contributed by atoms with Crippen LogP contribution in [-0.4, -0.2) is 9.78 Å². The van der Waals surface area contributed by atoms with E-state index in [4.69, 9.17) is 27.9 Å². The molecule has 0 unspecified atom stereocenters. The third-order valence-corrected chi connectivity index (χ3v) is 2.59. The first-order valence-corrected chi connectivity index (χ1v) is 5.46. The van der Waals surface area contributed by atoms with Gasteiger partial charge in [0.1, 0.15) is 12.4 Å². The normalized spacial score (nSPS) is 10.4. The molecule has 1 aromatic carbocycles. The standard InChI is InChI=1S/C11H10Cl2N2O/c1-15-6-8(5-14-15)7-16-11-4-9(12)2-3-10(11)13/h2-6H,7H2,1H3. The third-order valence-electron chi connectivity index (χ3n) is 2.05. The van der Waals surface area contributed by atoms with Crippen molar-refractivity contribution in [2.45, 2.75) is 6.61 Å². The van der Waals surface area contributed by atoms with Crippen LogP contribution < -0.4 is 4.74 Å². The Kier molecular flexibility index (Phi) is 3.36. The number of aryl methyl sites for hydroxylation is 1. The van der Waals surface area contributed by atoms with Gasteiger partial charge in [0.15, 0.2) is 0 Å². The highest BCUT2D eigenvalue weighted by atomic mass is 35.5. The van der Waals surface area contributed by atoms with Crippen LogP contribution in [0.25, 0.3) is 0 Å². The van der Waals surface area contributed by atoms with Crippen molar-refractivity contribution in [3.05, 3.63) is 46.2 Å². The van der Waals surface area contributed by atoms with E-state index in [9.17, 15) is 0 Å². The average molecular weight is 257 g/mol. The zero-order valence-corrected chi connectivity index (χ0v) is 10.2. The van der Waals surface area contributed by atoms with E-state index in [1.165, 1.54) is 0 Å². The summed E-state index contributed by atoms with van der Waals surface area (Å²) in [6.07, 6.45) is 3.64. The summed E-state index contributed by atoms with van der Waals surface area (Å²) in [4.78, 5) is 0. The zero-order chi connectivity index (χ0) is 11.5. The molecule has 0 radical (unpaired) electrons. The Morgan fingerprint density at radius 3 is 2.88 bits per heavy atom. The maximum atomic E-state index is 5.96. The van der Waals surface area contributed by atoms with Crippen LogP contribution in [0.5, 0.6) is 5.75 Å². The van der Waals surface area contributed by atoms with Gasteiger partial charge in [0.05, 0.1) is 11.2 Å². The van der Waals surface area contributed by atoms with E-state index in [1.54, 1.807) is 29.1 Å². The number of nitrogens with zero attached hydrogens (tertiary/aromatic N) is 2.